The molecule has 1 nitrogen and oxygen atoms in total. The Hall–Kier alpha value is -1.60. The van der Waals surface area contributed by atoms with Gasteiger partial charge in [-0.15, -0.1) is 0 Å². The van der Waals surface area contributed by atoms with Crippen molar-refractivity contribution >= 4 is 0 Å². The van der Waals surface area contributed by atoms with E-state index in [9.17, 15) is 0 Å². The first kappa shape index (κ1) is 10.9. The molecular formula is C15H17N. The summed E-state index contributed by atoms with van der Waals surface area (Å²) < 4.78 is 0. The third-order valence-corrected chi connectivity index (χ3v) is 2.71. The van der Waals surface area contributed by atoms with Crippen LogP contribution < -0.4 is 5.32 Å². The molecule has 2 aromatic rings. The quantitative estimate of drug-likeness (QED) is 0.820. The Balaban J connectivity index is 2.48. The SMILES string of the molecule is CNCc1cc(C)ccc1-c1ccccc1. The minimum atomic E-state index is 0.909. The molecule has 0 bridgehead atoms. The average molecular weight is 211 g/mol. The molecule has 2 rings (SSSR count). The van der Waals surface area contributed by atoms with Gasteiger partial charge >= 0.3 is 0 Å². The van der Waals surface area contributed by atoms with Crippen LogP contribution in [-0.2, 0) is 6.54 Å². The fourth-order valence-electron chi connectivity index (χ4n) is 1.96. The summed E-state index contributed by atoms with van der Waals surface area (Å²) in [4.78, 5) is 0. The van der Waals surface area contributed by atoms with Crippen LogP contribution >= 0.6 is 0 Å². The maximum absolute atomic E-state index is 3.22. The first-order valence-corrected chi connectivity index (χ1v) is 5.61. The summed E-state index contributed by atoms with van der Waals surface area (Å²) in [6.07, 6.45) is 0. The van der Waals surface area contributed by atoms with Crippen molar-refractivity contribution in [2.75, 3.05) is 7.05 Å². The van der Waals surface area contributed by atoms with E-state index < -0.39 is 0 Å². The van der Waals surface area contributed by atoms with Crippen molar-refractivity contribution in [2.24, 2.45) is 0 Å². The van der Waals surface area contributed by atoms with Crippen molar-refractivity contribution in [2.45, 2.75) is 13.5 Å². The number of benzene rings is 2. The molecule has 0 fully saturated rings. The molecule has 0 aliphatic heterocycles. The van der Waals surface area contributed by atoms with Gasteiger partial charge < -0.3 is 5.32 Å². The number of nitrogens with one attached hydrogen (secondary N) is 1. The fourth-order valence-corrected chi connectivity index (χ4v) is 1.96. The highest BCUT2D eigenvalue weighted by atomic mass is 14.8. The van der Waals surface area contributed by atoms with Gasteiger partial charge in [0.05, 0.1) is 0 Å². The van der Waals surface area contributed by atoms with Crippen molar-refractivity contribution < 1.29 is 0 Å². The van der Waals surface area contributed by atoms with E-state index >= 15 is 0 Å². The van der Waals surface area contributed by atoms with Gasteiger partial charge in [0.15, 0.2) is 0 Å². The van der Waals surface area contributed by atoms with Gasteiger partial charge in [0, 0.05) is 6.54 Å². The zero-order valence-electron chi connectivity index (χ0n) is 9.83. The first-order chi connectivity index (χ1) is 7.81. The molecule has 0 amide bonds. The van der Waals surface area contributed by atoms with E-state index in [1.807, 2.05) is 7.05 Å². The van der Waals surface area contributed by atoms with Crippen molar-refractivity contribution in [3.63, 3.8) is 0 Å². The van der Waals surface area contributed by atoms with Gasteiger partial charge in [-0.05, 0) is 30.7 Å². The predicted molar refractivity (Wildman–Crippen MR) is 69.4 cm³/mol. The molecule has 0 aromatic heterocycles. The fraction of sp³-hybridized carbons (Fsp3) is 0.200. The van der Waals surface area contributed by atoms with Crippen molar-refractivity contribution in [3.05, 3.63) is 59.7 Å². The lowest BCUT2D eigenvalue weighted by molar-refractivity contribution is 0.818. The molecule has 0 saturated carbocycles. The van der Waals surface area contributed by atoms with E-state index in [2.05, 4.69) is 60.8 Å². The number of rotatable bonds is 3. The van der Waals surface area contributed by atoms with Crippen LogP contribution in [0.1, 0.15) is 11.1 Å². The number of hydrogen-bond acceptors (Lipinski definition) is 1. The zero-order valence-corrected chi connectivity index (χ0v) is 9.83. The third kappa shape index (κ3) is 2.31. The second kappa shape index (κ2) is 4.95. The molecule has 0 unspecified atom stereocenters. The molecular weight excluding hydrogens is 194 g/mol. The minimum Gasteiger partial charge on any atom is -0.316 e. The molecule has 1 N–H and O–H groups in total. The van der Waals surface area contributed by atoms with E-state index in [0.29, 0.717) is 0 Å². The first-order valence-electron chi connectivity index (χ1n) is 5.61. The molecule has 0 radical (unpaired) electrons. The molecule has 2 aromatic carbocycles. The lowest BCUT2D eigenvalue weighted by atomic mass is 9.98. The van der Waals surface area contributed by atoms with Crippen LogP contribution in [0.25, 0.3) is 11.1 Å². The van der Waals surface area contributed by atoms with E-state index in [1.54, 1.807) is 0 Å². The summed E-state index contributed by atoms with van der Waals surface area (Å²) >= 11 is 0. The summed E-state index contributed by atoms with van der Waals surface area (Å²) in [6.45, 7) is 3.04. The Morgan fingerprint density at radius 3 is 2.44 bits per heavy atom. The molecule has 0 spiro atoms. The standard InChI is InChI=1S/C15H17N/c1-12-8-9-15(14(10-12)11-16-2)13-6-4-3-5-7-13/h3-10,16H,11H2,1-2H3. The van der Waals surface area contributed by atoms with Crippen molar-refractivity contribution in [1.82, 2.24) is 5.32 Å². The van der Waals surface area contributed by atoms with Crippen LogP contribution in [0.5, 0.6) is 0 Å². The maximum atomic E-state index is 3.22. The van der Waals surface area contributed by atoms with E-state index in [4.69, 9.17) is 0 Å². The highest BCUT2D eigenvalue weighted by molar-refractivity contribution is 5.67. The second-order valence-corrected chi connectivity index (χ2v) is 4.06. The lowest BCUT2D eigenvalue weighted by Crippen LogP contribution is -2.06. The molecule has 0 saturated heterocycles. The number of hydrogen-bond donors (Lipinski definition) is 1. The Kier molecular flexibility index (Phi) is 3.37. The Morgan fingerprint density at radius 1 is 1.00 bits per heavy atom. The van der Waals surface area contributed by atoms with Gasteiger partial charge in [-0.3, -0.25) is 0 Å². The molecule has 0 aliphatic carbocycles. The smallest absolute Gasteiger partial charge is 0.0208 e. The largest absolute Gasteiger partial charge is 0.316 e. The van der Waals surface area contributed by atoms with Gasteiger partial charge in [-0.25, -0.2) is 0 Å². The summed E-state index contributed by atoms with van der Waals surface area (Å²) in [7, 11) is 1.98. The Bertz CT molecular complexity index is 460. The monoisotopic (exact) mass is 211 g/mol. The summed E-state index contributed by atoms with van der Waals surface area (Å²) in [5.74, 6) is 0. The van der Waals surface area contributed by atoms with Gasteiger partial charge in [0.2, 0.25) is 0 Å². The Labute approximate surface area is 97.1 Å². The predicted octanol–water partition coefficient (Wildman–Crippen LogP) is 3.38. The van der Waals surface area contributed by atoms with Crippen LogP contribution in [-0.4, -0.2) is 7.05 Å². The van der Waals surface area contributed by atoms with Crippen LogP contribution in [0.2, 0.25) is 0 Å². The highest BCUT2D eigenvalue weighted by Gasteiger charge is 2.03. The third-order valence-electron chi connectivity index (χ3n) is 2.71. The van der Waals surface area contributed by atoms with E-state index in [-0.39, 0.29) is 0 Å². The molecule has 0 heterocycles. The molecule has 16 heavy (non-hydrogen) atoms. The summed E-state index contributed by atoms with van der Waals surface area (Å²) in [6, 6.07) is 17.2. The van der Waals surface area contributed by atoms with Crippen LogP contribution in [0, 0.1) is 6.92 Å². The molecule has 0 aliphatic rings. The molecule has 0 atom stereocenters. The van der Waals surface area contributed by atoms with E-state index in [0.717, 1.165) is 6.54 Å². The van der Waals surface area contributed by atoms with Gasteiger partial charge in [0.1, 0.15) is 0 Å². The second-order valence-electron chi connectivity index (χ2n) is 4.06. The minimum absolute atomic E-state index is 0.909. The number of aryl methyl sites for hydroxylation is 1. The summed E-state index contributed by atoms with van der Waals surface area (Å²) in [5, 5.41) is 3.22. The van der Waals surface area contributed by atoms with Crippen LogP contribution in [0.4, 0.5) is 0 Å². The molecule has 1 heteroatoms. The van der Waals surface area contributed by atoms with Gasteiger partial charge in [0.25, 0.3) is 0 Å². The van der Waals surface area contributed by atoms with Crippen LogP contribution in [0.15, 0.2) is 48.5 Å². The van der Waals surface area contributed by atoms with Crippen molar-refractivity contribution in [1.29, 1.82) is 0 Å². The highest BCUT2D eigenvalue weighted by Crippen LogP contribution is 2.24. The zero-order chi connectivity index (χ0) is 11.4. The maximum Gasteiger partial charge on any atom is 0.0208 e. The van der Waals surface area contributed by atoms with Crippen LogP contribution in [0.3, 0.4) is 0 Å². The topological polar surface area (TPSA) is 12.0 Å². The van der Waals surface area contributed by atoms with Crippen molar-refractivity contribution in [3.8, 4) is 11.1 Å². The summed E-state index contributed by atoms with van der Waals surface area (Å²) in [5.41, 5.74) is 5.27. The van der Waals surface area contributed by atoms with Gasteiger partial charge in [-0.1, -0.05) is 54.1 Å². The molecule has 82 valence electrons. The average Bonchev–Trinajstić information content (AvgIpc) is 2.31. The lowest BCUT2D eigenvalue weighted by Gasteiger charge is -2.10. The Morgan fingerprint density at radius 2 is 1.75 bits per heavy atom. The van der Waals surface area contributed by atoms with Gasteiger partial charge in [-0.2, -0.15) is 0 Å². The van der Waals surface area contributed by atoms with E-state index in [1.165, 1.54) is 22.3 Å². The normalized spacial score (nSPS) is 10.4.